The number of hydrogen-bond acceptors (Lipinski definition) is 3. The number of nitrogens with one attached hydrogen (secondary N) is 1. The van der Waals surface area contributed by atoms with Gasteiger partial charge < -0.3 is 15.0 Å². The highest BCUT2D eigenvalue weighted by molar-refractivity contribution is 14.1. The van der Waals surface area contributed by atoms with Gasteiger partial charge in [0.1, 0.15) is 11.8 Å². The lowest BCUT2D eigenvalue weighted by molar-refractivity contribution is -0.143. The Morgan fingerprint density at radius 1 is 0.943 bits per heavy atom. The molecule has 35 heavy (non-hydrogen) atoms. The van der Waals surface area contributed by atoms with E-state index in [9.17, 15) is 9.59 Å². The van der Waals surface area contributed by atoms with Crippen molar-refractivity contribution < 1.29 is 14.3 Å². The summed E-state index contributed by atoms with van der Waals surface area (Å²) in [5.41, 5.74) is 1.51. The number of nitrogens with zero attached hydrogens (tertiary/aromatic N) is 1. The highest BCUT2D eigenvalue weighted by Gasteiger charge is 2.32. The third-order valence-electron chi connectivity index (χ3n) is 5.27. The Kier molecular flexibility index (Phi) is 10.2. The third kappa shape index (κ3) is 8.12. The first-order chi connectivity index (χ1) is 16.7. The summed E-state index contributed by atoms with van der Waals surface area (Å²) in [5.74, 6) is -0.0326. The van der Waals surface area contributed by atoms with Crippen LogP contribution in [0.15, 0.2) is 72.8 Å². The molecule has 1 atom stereocenters. The van der Waals surface area contributed by atoms with Gasteiger partial charge in [-0.3, -0.25) is 9.59 Å². The molecule has 0 radical (unpaired) electrons. The van der Waals surface area contributed by atoms with Crippen LogP contribution < -0.4 is 10.1 Å². The van der Waals surface area contributed by atoms with E-state index in [-0.39, 0.29) is 31.0 Å². The second-order valence-corrected chi connectivity index (χ2v) is 10.4. The summed E-state index contributed by atoms with van der Waals surface area (Å²) in [7, 11) is 0. The summed E-state index contributed by atoms with van der Waals surface area (Å²) < 4.78 is 6.83. The number of amides is 2. The van der Waals surface area contributed by atoms with Crippen LogP contribution in [0.4, 0.5) is 0 Å². The van der Waals surface area contributed by atoms with Crippen molar-refractivity contribution >= 4 is 57.6 Å². The molecule has 5 nitrogen and oxygen atoms in total. The summed E-state index contributed by atoms with van der Waals surface area (Å²) in [6.45, 7) is 3.60. The van der Waals surface area contributed by atoms with E-state index >= 15 is 0 Å². The Labute approximate surface area is 229 Å². The largest absolute Gasteiger partial charge is 0.484 e. The standard InChI is InChI=1S/C27H27Cl2IN2O3/c1-18(2)31-27(34)25(15-19-7-4-3-5-8-19)32(16-22-23(28)9-6-10-24(22)29)26(33)17-35-21-13-11-20(30)12-14-21/h3-14,18,25H,15-17H2,1-2H3,(H,31,34)/t25-/m1/s1. The van der Waals surface area contributed by atoms with Crippen molar-refractivity contribution in [2.75, 3.05) is 6.61 Å². The van der Waals surface area contributed by atoms with Gasteiger partial charge in [0.05, 0.1) is 0 Å². The molecule has 0 spiro atoms. The summed E-state index contributed by atoms with van der Waals surface area (Å²) in [4.78, 5) is 28.4. The Bertz CT molecular complexity index is 1120. The fourth-order valence-corrected chi connectivity index (χ4v) is 4.42. The number of ether oxygens (including phenoxy) is 1. The fourth-order valence-electron chi connectivity index (χ4n) is 3.55. The maximum absolute atomic E-state index is 13.6. The highest BCUT2D eigenvalue weighted by Crippen LogP contribution is 2.27. The molecule has 0 fully saturated rings. The molecule has 184 valence electrons. The molecular formula is C27H27Cl2IN2O3. The maximum Gasteiger partial charge on any atom is 0.261 e. The van der Waals surface area contributed by atoms with Crippen LogP contribution in [0.5, 0.6) is 5.75 Å². The monoisotopic (exact) mass is 624 g/mol. The summed E-state index contributed by atoms with van der Waals surface area (Å²) in [5, 5.41) is 3.81. The van der Waals surface area contributed by atoms with Gasteiger partial charge in [-0.2, -0.15) is 0 Å². The topological polar surface area (TPSA) is 58.6 Å². The number of halogens is 3. The molecule has 0 aliphatic heterocycles. The Hall–Kier alpha value is -2.29. The highest BCUT2D eigenvalue weighted by atomic mass is 127. The van der Waals surface area contributed by atoms with E-state index in [0.29, 0.717) is 27.8 Å². The van der Waals surface area contributed by atoms with Crippen molar-refractivity contribution in [3.63, 3.8) is 0 Å². The van der Waals surface area contributed by atoms with E-state index in [1.807, 2.05) is 56.3 Å². The van der Waals surface area contributed by atoms with Crippen molar-refractivity contribution in [1.29, 1.82) is 0 Å². The summed E-state index contributed by atoms with van der Waals surface area (Å²) >= 11 is 15.1. The third-order valence-corrected chi connectivity index (χ3v) is 6.70. The zero-order valence-electron chi connectivity index (χ0n) is 19.5. The summed E-state index contributed by atoms with van der Waals surface area (Å²) in [6, 6.07) is 21.3. The zero-order chi connectivity index (χ0) is 25.4. The molecule has 3 aromatic carbocycles. The Morgan fingerprint density at radius 3 is 2.17 bits per heavy atom. The lowest BCUT2D eigenvalue weighted by atomic mass is 10.0. The minimum atomic E-state index is -0.792. The number of benzene rings is 3. The molecule has 0 aliphatic carbocycles. The van der Waals surface area contributed by atoms with E-state index in [4.69, 9.17) is 27.9 Å². The fraction of sp³-hybridized carbons (Fsp3) is 0.259. The smallest absolute Gasteiger partial charge is 0.261 e. The lowest BCUT2D eigenvalue weighted by Gasteiger charge is -2.32. The van der Waals surface area contributed by atoms with E-state index in [1.165, 1.54) is 4.90 Å². The molecule has 8 heteroatoms. The minimum absolute atomic E-state index is 0.0659. The van der Waals surface area contributed by atoms with Crippen molar-refractivity contribution in [1.82, 2.24) is 10.2 Å². The molecule has 0 bridgehead atoms. The Balaban J connectivity index is 1.95. The first kappa shape index (κ1) is 27.3. The minimum Gasteiger partial charge on any atom is -0.484 e. The molecule has 2 amide bonds. The normalized spacial score (nSPS) is 11.7. The van der Waals surface area contributed by atoms with Gasteiger partial charge in [-0.15, -0.1) is 0 Å². The van der Waals surface area contributed by atoms with Crippen molar-refractivity contribution in [3.8, 4) is 5.75 Å². The molecule has 1 N–H and O–H groups in total. The van der Waals surface area contributed by atoms with Crippen LogP contribution in [0.25, 0.3) is 0 Å². The van der Waals surface area contributed by atoms with E-state index in [1.54, 1.807) is 30.3 Å². The number of carbonyl (C=O) groups excluding carboxylic acids is 2. The Morgan fingerprint density at radius 2 is 1.57 bits per heavy atom. The molecule has 0 unspecified atom stereocenters. The molecule has 3 rings (SSSR count). The molecule has 0 heterocycles. The van der Waals surface area contributed by atoms with Gasteiger partial charge in [0.25, 0.3) is 5.91 Å². The van der Waals surface area contributed by atoms with Crippen LogP contribution >= 0.6 is 45.8 Å². The van der Waals surface area contributed by atoms with E-state index in [0.717, 1.165) is 9.13 Å². The van der Waals surface area contributed by atoms with Gasteiger partial charge in [0, 0.05) is 38.2 Å². The zero-order valence-corrected chi connectivity index (χ0v) is 23.2. The summed E-state index contributed by atoms with van der Waals surface area (Å²) in [6.07, 6.45) is 0.330. The van der Waals surface area contributed by atoms with Crippen LogP contribution in [0, 0.1) is 3.57 Å². The first-order valence-corrected chi connectivity index (χ1v) is 13.0. The number of carbonyl (C=O) groups is 2. The van der Waals surface area contributed by atoms with E-state index < -0.39 is 6.04 Å². The maximum atomic E-state index is 13.6. The van der Waals surface area contributed by atoms with E-state index in [2.05, 4.69) is 27.9 Å². The first-order valence-electron chi connectivity index (χ1n) is 11.2. The predicted octanol–water partition coefficient (Wildman–Crippen LogP) is 6.14. The van der Waals surface area contributed by atoms with Crippen LogP contribution in [0.3, 0.4) is 0 Å². The average Bonchev–Trinajstić information content (AvgIpc) is 2.82. The molecule has 3 aromatic rings. The lowest BCUT2D eigenvalue weighted by Crippen LogP contribution is -2.52. The quantitative estimate of drug-likeness (QED) is 0.276. The van der Waals surface area contributed by atoms with Gasteiger partial charge in [-0.05, 0) is 78.4 Å². The molecule has 0 saturated carbocycles. The van der Waals surface area contributed by atoms with Gasteiger partial charge in [0.15, 0.2) is 6.61 Å². The molecule has 0 aromatic heterocycles. The average molecular weight is 625 g/mol. The number of hydrogen-bond donors (Lipinski definition) is 1. The SMILES string of the molecule is CC(C)NC(=O)[C@@H](Cc1ccccc1)N(Cc1c(Cl)cccc1Cl)C(=O)COc1ccc(I)cc1. The van der Waals surface area contributed by atoms with Gasteiger partial charge in [0.2, 0.25) is 5.91 Å². The second kappa shape index (κ2) is 13.1. The predicted molar refractivity (Wildman–Crippen MR) is 149 cm³/mol. The van der Waals surface area contributed by atoms with Gasteiger partial charge >= 0.3 is 0 Å². The van der Waals surface area contributed by atoms with Crippen molar-refractivity contribution in [3.05, 3.63) is 97.5 Å². The number of rotatable bonds is 10. The molecular weight excluding hydrogens is 598 g/mol. The van der Waals surface area contributed by atoms with Gasteiger partial charge in [-0.25, -0.2) is 0 Å². The van der Waals surface area contributed by atoms with Crippen LogP contribution in [-0.2, 0) is 22.6 Å². The van der Waals surface area contributed by atoms with Gasteiger partial charge in [-0.1, -0.05) is 59.6 Å². The van der Waals surface area contributed by atoms with Crippen LogP contribution in [-0.4, -0.2) is 35.4 Å². The second-order valence-electron chi connectivity index (χ2n) is 8.33. The van der Waals surface area contributed by atoms with Crippen LogP contribution in [0.2, 0.25) is 10.0 Å². The molecule has 0 aliphatic rings. The van der Waals surface area contributed by atoms with Crippen LogP contribution in [0.1, 0.15) is 25.0 Å². The molecule has 0 saturated heterocycles. The van der Waals surface area contributed by atoms with Crippen molar-refractivity contribution in [2.45, 2.75) is 38.9 Å². The van der Waals surface area contributed by atoms with Crippen molar-refractivity contribution in [2.24, 2.45) is 0 Å².